The maximum Gasteiger partial charge on any atom is 0.328 e. The van der Waals surface area contributed by atoms with E-state index >= 15 is 0 Å². The molecule has 0 aromatic rings. The summed E-state index contributed by atoms with van der Waals surface area (Å²) in [5.41, 5.74) is 5.37. The highest BCUT2D eigenvalue weighted by molar-refractivity contribution is 5.83. The standard InChI is InChI=1S/C11H22N2O3/c1-8(2)16-11(15)10(13-9(3)14)6-4-5-7-12/h8,10H,4-7,12H2,1-3H3,(H,13,14). The Bertz CT molecular complexity index is 229. The number of ether oxygens (including phenoxy) is 1. The summed E-state index contributed by atoms with van der Waals surface area (Å²) in [6, 6.07) is -0.550. The van der Waals surface area contributed by atoms with Gasteiger partial charge in [-0.2, -0.15) is 0 Å². The molecule has 0 aliphatic heterocycles. The molecule has 0 saturated carbocycles. The van der Waals surface area contributed by atoms with Gasteiger partial charge in [-0.3, -0.25) is 4.79 Å². The number of hydrogen-bond donors (Lipinski definition) is 2. The van der Waals surface area contributed by atoms with Gasteiger partial charge in [-0.05, 0) is 39.7 Å². The van der Waals surface area contributed by atoms with Crippen LogP contribution in [0.25, 0.3) is 0 Å². The van der Waals surface area contributed by atoms with Crippen molar-refractivity contribution in [3.63, 3.8) is 0 Å². The molecule has 0 aromatic heterocycles. The zero-order valence-corrected chi connectivity index (χ0v) is 10.3. The van der Waals surface area contributed by atoms with Crippen LogP contribution < -0.4 is 11.1 Å². The summed E-state index contributed by atoms with van der Waals surface area (Å²) in [4.78, 5) is 22.5. The molecule has 0 fully saturated rings. The molecule has 0 spiro atoms. The molecular weight excluding hydrogens is 208 g/mol. The first-order valence-corrected chi connectivity index (χ1v) is 5.65. The molecular formula is C11H22N2O3. The van der Waals surface area contributed by atoms with Gasteiger partial charge < -0.3 is 15.8 Å². The van der Waals surface area contributed by atoms with Crippen LogP contribution in [0.1, 0.15) is 40.0 Å². The van der Waals surface area contributed by atoms with Crippen molar-refractivity contribution in [1.82, 2.24) is 5.32 Å². The summed E-state index contributed by atoms with van der Waals surface area (Å²) in [6.07, 6.45) is 2.04. The van der Waals surface area contributed by atoms with E-state index in [4.69, 9.17) is 10.5 Å². The Hall–Kier alpha value is -1.10. The van der Waals surface area contributed by atoms with Gasteiger partial charge in [-0.25, -0.2) is 4.79 Å². The molecule has 0 rings (SSSR count). The Kier molecular flexibility index (Phi) is 7.54. The molecule has 0 heterocycles. The minimum atomic E-state index is -0.550. The van der Waals surface area contributed by atoms with E-state index in [1.54, 1.807) is 13.8 Å². The Balaban J connectivity index is 4.17. The number of nitrogens with one attached hydrogen (secondary N) is 1. The molecule has 0 radical (unpaired) electrons. The average Bonchev–Trinajstić information content (AvgIpc) is 2.14. The van der Waals surface area contributed by atoms with Crippen LogP contribution in [0.5, 0.6) is 0 Å². The maximum absolute atomic E-state index is 11.6. The number of amides is 1. The number of carbonyl (C=O) groups excluding carboxylic acids is 2. The van der Waals surface area contributed by atoms with Crippen LogP contribution in [-0.4, -0.2) is 30.6 Å². The first kappa shape index (κ1) is 14.9. The fourth-order valence-electron chi connectivity index (χ4n) is 1.30. The van der Waals surface area contributed by atoms with Crippen LogP contribution >= 0.6 is 0 Å². The van der Waals surface area contributed by atoms with Crippen molar-refractivity contribution >= 4 is 11.9 Å². The third kappa shape index (κ3) is 7.23. The van der Waals surface area contributed by atoms with Gasteiger partial charge in [0, 0.05) is 6.92 Å². The molecule has 5 heteroatoms. The Morgan fingerprint density at radius 1 is 1.31 bits per heavy atom. The van der Waals surface area contributed by atoms with Gasteiger partial charge in [0.05, 0.1) is 6.10 Å². The zero-order valence-electron chi connectivity index (χ0n) is 10.3. The molecule has 5 nitrogen and oxygen atoms in total. The molecule has 0 aliphatic rings. The van der Waals surface area contributed by atoms with E-state index in [0.717, 1.165) is 12.8 Å². The van der Waals surface area contributed by atoms with E-state index in [1.807, 2.05) is 0 Å². The van der Waals surface area contributed by atoms with Crippen molar-refractivity contribution in [1.29, 1.82) is 0 Å². The van der Waals surface area contributed by atoms with Crippen LogP contribution in [0.4, 0.5) is 0 Å². The first-order valence-electron chi connectivity index (χ1n) is 5.65. The van der Waals surface area contributed by atoms with Gasteiger partial charge >= 0.3 is 5.97 Å². The van der Waals surface area contributed by atoms with E-state index in [-0.39, 0.29) is 18.0 Å². The van der Waals surface area contributed by atoms with Crippen LogP contribution in [-0.2, 0) is 14.3 Å². The number of esters is 1. The highest BCUT2D eigenvalue weighted by Gasteiger charge is 2.21. The number of rotatable bonds is 7. The van der Waals surface area contributed by atoms with Crippen LogP contribution in [0.2, 0.25) is 0 Å². The quantitative estimate of drug-likeness (QED) is 0.495. The monoisotopic (exact) mass is 230 g/mol. The highest BCUT2D eigenvalue weighted by Crippen LogP contribution is 2.04. The lowest BCUT2D eigenvalue weighted by Crippen LogP contribution is -2.41. The maximum atomic E-state index is 11.6. The topological polar surface area (TPSA) is 81.4 Å². The summed E-state index contributed by atoms with van der Waals surface area (Å²) in [7, 11) is 0. The number of carbonyl (C=O) groups is 2. The largest absolute Gasteiger partial charge is 0.461 e. The Morgan fingerprint density at radius 3 is 2.38 bits per heavy atom. The van der Waals surface area contributed by atoms with Gasteiger partial charge in [0.15, 0.2) is 0 Å². The molecule has 1 atom stereocenters. The molecule has 0 aromatic carbocycles. The predicted octanol–water partition coefficient (Wildman–Crippen LogP) is 0.572. The third-order valence-corrected chi connectivity index (χ3v) is 1.96. The molecule has 1 unspecified atom stereocenters. The van der Waals surface area contributed by atoms with Crippen LogP contribution in [0.3, 0.4) is 0 Å². The van der Waals surface area contributed by atoms with E-state index < -0.39 is 6.04 Å². The second-order valence-corrected chi connectivity index (χ2v) is 4.02. The summed E-state index contributed by atoms with van der Waals surface area (Å²) >= 11 is 0. The van der Waals surface area contributed by atoms with Crippen molar-refractivity contribution in [2.75, 3.05) is 6.54 Å². The molecule has 0 bridgehead atoms. The van der Waals surface area contributed by atoms with E-state index in [0.29, 0.717) is 13.0 Å². The molecule has 3 N–H and O–H groups in total. The smallest absolute Gasteiger partial charge is 0.328 e. The molecule has 0 saturated heterocycles. The summed E-state index contributed by atoms with van der Waals surface area (Å²) in [5, 5.41) is 2.59. The van der Waals surface area contributed by atoms with Crippen molar-refractivity contribution in [3.05, 3.63) is 0 Å². The predicted molar refractivity (Wildman–Crippen MR) is 61.7 cm³/mol. The Labute approximate surface area is 96.7 Å². The van der Waals surface area contributed by atoms with E-state index in [9.17, 15) is 9.59 Å². The molecule has 16 heavy (non-hydrogen) atoms. The second-order valence-electron chi connectivity index (χ2n) is 4.02. The highest BCUT2D eigenvalue weighted by atomic mass is 16.5. The van der Waals surface area contributed by atoms with Gasteiger partial charge in [0.2, 0.25) is 5.91 Å². The van der Waals surface area contributed by atoms with Crippen LogP contribution in [0, 0.1) is 0 Å². The van der Waals surface area contributed by atoms with Gasteiger partial charge in [0.1, 0.15) is 6.04 Å². The minimum Gasteiger partial charge on any atom is -0.461 e. The Morgan fingerprint density at radius 2 is 1.94 bits per heavy atom. The first-order chi connectivity index (χ1) is 7.47. The van der Waals surface area contributed by atoms with Crippen molar-refractivity contribution in [2.45, 2.75) is 52.2 Å². The van der Waals surface area contributed by atoms with Crippen molar-refractivity contribution in [3.8, 4) is 0 Å². The van der Waals surface area contributed by atoms with Gasteiger partial charge in [-0.15, -0.1) is 0 Å². The summed E-state index contributed by atoms with van der Waals surface area (Å²) < 4.78 is 5.06. The van der Waals surface area contributed by atoms with Gasteiger partial charge in [-0.1, -0.05) is 0 Å². The minimum absolute atomic E-state index is 0.168. The zero-order chi connectivity index (χ0) is 12.6. The van der Waals surface area contributed by atoms with Gasteiger partial charge in [0.25, 0.3) is 0 Å². The van der Waals surface area contributed by atoms with E-state index in [1.165, 1.54) is 6.92 Å². The normalized spacial score (nSPS) is 12.3. The molecule has 1 amide bonds. The van der Waals surface area contributed by atoms with Crippen molar-refractivity contribution < 1.29 is 14.3 Å². The number of nitrogens with two attached hydrogens (primary N) is 1. The lowest BCUT2D eigenvalue weighted by Gasteiger charge is -2.18. The SMILES string of the molecule is CC(=O)NC(CCCCN)C(=O)OC(C)C. The lowest BCUT2D eigenvalue weighted by molar-refractivity contribution is -0.151. The summed E-state index contributed by atoms with van der Waals surface area (Å²) in [5.74, 6) is -0.597. The fourth-order valence-corrected chi connectivity index (χ4v) is 1.30. The lowest BCUT2D eigenvalue weighted by atomic mass is 10.1. The fraction of sp³-hybridized carbons (Fsp3) is 0.818. The average molecular weight is 230 g/mol. The number of hydrogen-bond acceptors (Lipinski definition) is 4. The number of unbranched alkanes of at least 4 members (excludes halogenated alkanes) is 1. The summed E-state index contributed by atoms with van der Waals surface area (Å²) in [6.45, 7) is 5.54. The third-order valence-electron chi connectivity index (χ3n) is 1.96. The van der Waals surface area contributed by atoms with Crippen molar-refractivity contribution in [2.24, 2.45) is 5.73 Å². The molecule has 94 valence electrons. The van der Waals surface area contributed by atoms with E-state index in [2.05, 4.69) is 5.32 Å². The second kappa shape index (κ2) is 8.10. The van der Waals surface area contributed by atoms with Crippen LogP contribution in [0.15, 0.2) is 0 Å². The molecule has 0 aliphatic carbocycles.